The highest BCUT2D eigenvalue weighted by Gasteiger charge is 2.17. The Morgan fingerprint density at radius 2 is 2.17 bits per heavy atom. The first kappa shape index (κ1) is 11.4. The zero-order valence-electron chi connectivity index (χ0n) is 10.6. The average Bonchev–Trinajstić information content (AvgIpc) is 3.01. The van der Waals surface area contributed by atoms with E-state index in [2.05, 4.69) is 22.2 Å². The Bertz CT molecular complexity index is 512. The molecule has 0 radical (unpaired) electrons. The lowest BCUT2D eigenvalue weighted by Crippen LogP contribution is -2.11. The molecule has 0 bridgehead atoms. The Kier molecular flexibility index (Phi) is 3.11. The van der Waals surface area contributed by atoms with Crippen molar-refractivity contribution in [2.24, 2.45) is 5.92 Å². The van der Waals surface area contributed by atoms with Crippen LogP contribution in [0, 0.1) is 12.8 Å². The molecule has 18 heavy (non-hydrogen) atoms. The third-order valence-electron chi connectivity index (χ3n) is 3.53. The molecule has 2 N–H and O–H groups in total. The highest BCUT2D eigenvalue weighted by atomic mass is 14.9. The van der Waals surface area contributed by atoms with E-state index < -0.39 is 0 Å². The number of hydrogen-bond donors (Lipinski definition) is 2. The maximum atomic E-state index is 4.73. The second-order valence-corrected chi connectivity index (χ2v) is 4.96. The molecule has 0 aromatic carbocycles. The molecule has 1 aliphatic rings. The van der Waals surface area contributed by atoms with Gasteiger partial charge >= 0.3 is 0 Å². The van der Waals surface area contributed by atoms with Gasteiger partial charge in [-0.15, -0.1) is 0 Å². The zero-order chi connectivity index (χ0) is 12.4. The van der Waals surface area contributed by atoms with E-state index in [0.717, 1.165) is 48.2 Å². The summed E-state index contributed by atoms with van der Waals surface area (Å²) in [4.78, 5) is 12.2. The number of imidazole rings is 1. The number of aromatic amines is 1. The largest absolute Gasteiger partial charge is 0.346 e. The van der Waals surface area contributed by atoms with E-state index in [1.54, 1.807) is 0 Å². The molecule has 2 aromatic rings. The van der Waals surface area contributed by atoms with Crippen LogP contribution in [0.3, 0.4) is 0 Å². The van der Waals surface area contributed by atoms with Crippen molar-refractivity contribution < 1.29 is 0 Å². The number of nitrogens with one attached hydrogen (secondary N) is 2. The first-order chi connectivity index (χ1) is 8.83. The summed E-state index contributed by atoms with van der Waals surface area (Å²) in [5, 5.41) is 3.40. The fourth-order valence-electron chi connectivity index (χ4n) is 2.57. The summed E-state index contributed by atoms with van der Waals surface area (Å²) in [5.74, 6) is 1.83. The molecule has 1 saturated heterocycles. The van der Waals surface area contributed by atoms with Crippen LogP contribution in [0.1, 0.15) is 17.9 Å². The van der Waals surface area contributed by atoms with Crippen LogP contribution in [0.2, 0.25) is 0 Å². The molecule has 1 atom stereocenters. The third kappa shape index (κ3) is 2.29. The zero-order valence-corrected chi connectivity index (χ0v) is 10.6. The summed E-state index contributed by atoms with van der Waals surface area (Å²) in [7, 11) is 0. The van der Waals surface area contributed by atoms with E-state index in [-0.39, 0.29) is 0 Å². The standard InChI is InChI=1S/C14H18N4/c1-10-14(12-3-6-15-7-4-12)18-13(17-10)8-11-2-5-16-9-11/h3-4,6-7,11,16H,2,5,8-9H2,1H3,(H,17,18). The van der Waals surface area contributed by atoms with E-state index in [4.69, 9.17) is 4.98 Å². The molecule has 1 unspecified atom stereocenters. The van der Waals surface area contributed by atoms with E-state index in [9.17, 15) is 0 Å². The maximum absolute atomic E-state index is 4.73. The van der Waals surface area contributed by atoms with Crippen LogP contribution in [0.4, 0.5) is 0 Å². The number of H-pyrrole nitrogens is 1. The van der Waals surface area contributed by atoms with Gasteiger partial charge in [0.15, 0.2) is 0 Å². The summed E-state index contributed by atoms with van der Waals surface area (Å²) in [6, 6.07) is 4.01. The number of aryl methyl sites for hydroxylation is 1. The number of hydrogen-bond acceptors (Lipinski definition) is 3. The van der Waals surface area contributed by atoms with Crippen molar-refractivity contribution in [3.63, 3.8) is 0 Å². The first-order valence-electron chi connectivity index (χ1n) is 6.49. The van der Waals surface area contributed by atoms with Crippen LogP contribution < -0.4 is 5.32 Å². The van der Waals surface area contributed by atoms with Gasteiger partial charge < -0.3 is 10.3 Å². The molecule has 4 nitrogen and oxygen atoms in total. The lowest BCUT2D eigenvalue weighted by molar-refractivity contribution is 0.564. The number of aromatic nitrogens is 3. The molecule has 2 aromatic heterocycles. The Labute approximate surface area is 107 Å². The normalized spacial score (nSPS) is 19.3. The minimum Gasteiger partial charge on any atom is -0.346 e. The number of rotatable bonds is 3. The third-order valence-corrected chi connectivity index (χ3v) is 3.53. The van der Waals surface area contributed by atoms with Crippen molar-refractivity contribution in [1.82, 2.24) is 20.3 Å². The minimum atomic E-state index is 0.723. The fraction of sp³-hybridized carbons (Fsp3) is 0.429. The molecule has 0 saturated carbocycles. The predicted molar refractivity (Wildman–Crippen MR) is 71.2 cm³/mol. The average molecular weight is 242 g/mol. The minimum absolute atomic E-state index is 0.723. The van der Waals surface area contributed by atoms with Crippen LogP contribution in [-0.2, 0) is 6.42 Å². The first-order valence-corrected chi connectivity index (χ1v) is 6.49. The molecular formula is C14H18N4. The summed E-state index contributed by atoms with van der Waals surface area (Å²) in [6.07, 6.45) is 5.91. The summed E-state index contributed by atoms with van der Waals surface area (Å²) < 4.78 is 0. The van der Waals surface area contributed by atoms with Crippen molar-refractivity contribution in [3.8, 4) is 11.3 Å². The van der Waals surface area contributed by atoms with Gasteiger partial charge in [-0.1, -0.05) is 0 Å². The molecule has 4 heteroatoms. The topological polar surface area (TPSA) is 53.6 Å². The van der Waals surface area contributed by atoms with Gasteiger partial charge in [-0.05, 0) is 44.5 Å². The number of nitrogens with zero attached hydrogens (tertiary/aromatic N) is 2. The van der Waals surface area contributed by atoms with Crippen molar-refractivity contribution >= 4 is 0 Å². The van der Waals surface area contributed by atoms with Crippen LogP contribution in [0.5, 0.6) is 0 Å². The Morgan fingerprint density at radius 1 is 1.33 bits per heavy atom. The summed E-state index contributed by atoms with van der Waals surface area (Å²) in [6.45, 7) is 4.34. The van der Waals surface area contributed by atoms with Crippen molar-refractivity contribution in [3.05, 3.63) is 36.0 Å². The quantitative estimate of drug-likeness (QED) is 0.864. The summed E-state index contributed by atoms with van der Waals surface area (Å²) >= 11 is 0. The second kappa shape index (κ2) is 4.90. The van der Waals surface area contributed by atoms with Crippen LogP contribution in [0.25, 0.3) is 11.3 Å². The molecular weight excluding hydrogens is 224 g/mol. The van der Waals surface area contributed by atoms with E-state index in [1.807, 2.05) is 24.5 Å². The van der Waals surface area contributed by atoms with Gasteiger partial charge in [-0.25, -0.2) is 4.98 Å². The van der Waals surface area contributed by atoms with Gasteiger partial charge in [0.25, 0.3) is 0 Å². The summed E-state index contributed by atoms with van der Waals surface area (Å²) in [5.41, 5.74) is 3.33. The van der Waals surface area contributed by atoms with Gasteiger partial charge in [0.2, 0.25) is 0 Å². The SMILES string of the molecule is Cc1[nH]c(CC2CCNC2)nc1-c1ccncc1. The Balaban J connectivity index is 1.82. The van der Waals surface area contributed by atoms with Gasteiger partial charge in [0, 0.05) is 30.1 Å². The molecule has 1 fully saturated rings. The van der Waals surface area contributed by atoms with Crippen LogP contribution in [0.15, 0.2) is 24.5 Å². The van der Waals surface area contributed by atoms with E-state index in [1.165, 1.54) is 6.42 Å². The van der Waals surface area contributed by atoms with Gasteiger partial charge in [0.1, 0.15) is 5.82 Å². The van der Waals surface area contributed by atoms with Gasteiger partial charge in [-0.2, -0.15) is 0 Å². The molecule has 0 aliphatic carbocycles. The lowest BCUT2D eigenvalue weighted by atomic mass is 10.1. The molecule has 94 valence electrons. The molecule has 0 spiro atoms. The highest BCUT2D eigenvalue weighted by molar-refractivity contribution is 5.61. The van der Waals surface area contributed by atoms with E-state index >= 15 is 0 Å². The molecule has 1 aliphatic heterocycles. The van der Waals surface area contributed by atoms with Crippen LogP contribution in [-0.4, -0.2) is 28.0 Å². The smallest absolute Gasteiger partial charge is 0.107 e. The molecule has 3 rings (SSSR count). The fourth-order valence-corrected chi connectivity index (χ4v) is 2.57. The Hall–Kier alpha value is -1.68. The van der Waals surface area contributed by atoms with E-state index in [0.29, 0.717) is 0 Å². The highest BCUT2D eigenvalue weighted by Crippen LogP contribution is 2.22. The van der Waals surface area contributed by atoms with Gasteiger partial charge in [-0.3, -0.25) is 4.98 Å². The molecule has 0 amide bonds. The van der Waals surface area contributed by atoms with Crippen LogP contribution >= 0.6 is 0 Å². The maximum Gasteiger partial charge on any atom is 0.107 e. The second-order valence-electron chi connectivity index (χ2n) is 4.96. The molecule has 3 heterocycles. The van der Waals surface area contributed by atoms with Gasteiger partial charge in [0.05, 0.1) is 5.69 Å². The predicted octanol–water partition coefficient (Wildman–Crippen LogP) is 1.93. The van der Waals surface area contributed by atoms with Crippen molar-refractivity contribution in [2.75, 3.05) is 13.1 Å². The van der Waals surface area contributed by atoms with Crippen molar-refractivity contribution in [2.45, 2.75) is 19.8 Å². The monoisotopic (exact) mass is 242 g/mol. The van der Waals surface area contributed by atoms with Crippen molar-refractivity contribution in [1.29, 1.82) is 0 Å². The lowest BCUT2D eigenvalue weighted by Gasteiger charge is -2.04. The number of pyridine rings is 1. The Morgan fingerprint density at radius 3 is 2.89 bits per heavy atom.